The van der Waals surface area contributed by atoms with Gasteiger partial charge in [-0.1, -0.05) is 11.8 Å². The van der Waals surface area contributed by atoms with Gasteiger partial charge in [0, 0.05) is 36.2 Å². The molecule has 7 heteroatoms. The number of ether oxygens (including phenoxy) is 1. The van der Waals surface area contributed by atoms with Crippen LogP contribution in [-0.2, 0) is 20.9 Å². The normalized spacial score (nSPS) is 21.4. The van der Waals surface area contributed by atoms with E-state index in [0.29, 0.717) is 37.6 Å². The van der Waals surface area contributed by atoms with Crippen LogP contribution in [0.3, 0.4) is 0 Å². The highest BCUT2D eigenvalue weighted by Crippen LogP contribution is 2.27. The van der Waals surface area contributed by atoms with E-state index in [0.717, 1.165) is 36.8 Å². The molecule has 3 rings (SSSR count). The second-order valence-corrected chi connectivity index (χ2v) is 8.03. The van der Waals surface area contributed by atoms with Crippen molar-refractivity contribution in [1.29, 1.82) is 0 Å². The molecule has 1 atom stereocenters. The number of hydrogen-bond donors (Lipinski definition) is 2. The summed E-state index contributed by atoms with van der Waals surface area (Å²) in [6.45, 7) is 2.80. The molecule has 0 saturated heterocycles. The van der Waals surface area contributed by atoms with Crippen LogP contribution in [0.25, 0.3) is 0 Å². The molecule has 0 bridgehead atoms. The van der Waals surface area contributed by atoms with Gasteiger partial charge in [0.1, 0.15) is 6.61 Å². The molecule has 1 aliphatic carbocycles. The fourth-order valence-corrected chi connectivity index (χ4v) is 3.96. The highest BCUT2D eigenvalue weighted by molar-refractivity contribution is 5.98. The van der Waals surface area contributed by atoms with Crippen molar-refractivity contribution >= 4 is 18.2 Å². The zero-order valence-corrected chi connectivity index (χ0v) is 17.4. The third kappa shape index (κ3) is 5.68. The lowest BCUT2D eigenvalue weighted by molar-refractivity contribution is -0.125. The van der Waals surface area contributed by atoms with E-state index in [4.69, 9.17) is 10.5 Å². The third-order valence-electron chi connectivity index (χ3n) is 5.82. The Morgan fingerprint density at radius 3 is 2.87 bits per heavy atom. The fourth-order valence-electron chi connectivity index (χ4n) is 3.96. The molecule has 1 unspecified atom stereocenters. The van der Waals surface area contributed by atoms with Gasteiger partial charge < -0.3 is 15.4 Å². The lowest BCUT2D eigenvalue weighted by Crippen LogP contribution is -2.34. The van der Waals surface area contributed by atoms with E-state index in [1.807, 2.05) is 25.1 Å². The minimum atomic E-state index is -0.336. The zero-order valence-electron chi connectivity index (χ0n) is 17.4. The first-order valence-corrected chi connectivity index (χ1v) is 10.5. The summed E-state index contributed by atoms with van der Waals surface area (Å²) in [6, 6.07) is 5.83. The van der Waals surface area contributed by atoms with Crippen LogP contribution in [0.15, 0.2) is 18.2 Å². The minimum absolute atomic E-state index is 0.0355. The molecule has 1 fully saturated rings. The molecule has 160 valence electrons. The molecule has 3 N–H and O–H groups in total. The van der Waals surface area contributed by atoms with Crippen LogP contribution in [0.1, 0.15) is 66.9 Å². The molecular formula is C23H29N3O4. The number of rotatable bonds is 7. The number of carbonyl (C=O) groups excluding carboxylic acids is 3. The first-order valence-electron chi connectivity index (χ1n) is 10.5. The molecule has 0 aromatic heterocycles. The fraction of sp³-hybridized carbons (Fsp3) is 0.522. The van der Waals surface area contributed by atoms with Crippen molar-refractivity contribution in [3.05, 3.63) is 34.9 Å². The second kappa shape index (κ2) is 10.4. The molecule has 1 heterocycles. The SMILES string of the molecule is CC(CCC(=O)NC=O)N1Cc2cc(C#CCO[C@H]3CC[C@@H](N)CC3)ccc2C1=O. The Labute approximate surface area is 177 Å². The number of amides is 3. The van der Waals surface area contributed by atoms with Crippen LogP contribution < -0.4 is 11.1 Å². The van der Waals surface area contributed by atoms with Crippen LogP contribution in [0.5, 0.6) is 0 Å². The van der Waals surface area contributed by atoms with E-state index in [1.54, 1.807) is 4.90 Å². The maximum atomic E-state index is 12.7. The van der Waals surface area contributed by atoms with Gasteiger partial charge in [0.2, 0.25) is 12.3 Å². The van der Waals surface area contributed by atoms with E-state index in [9.17, 15) is 14.4 Å². The van der Waals surface area contributed by atoms with Crippen molar-refractivity contribution in [2.24, 2.45) is 5.73 Å². The molecule has 30 heavy (non-hydrogen) atoms. The average Bonchev–Trinajstić information content (AvgIpc) is 3.07. The number of fused-ring (bicyclic) bond motifs is 1. The Bertz CT molecular complexity index is 850. The number of imide groups is 1. The Kier molecular flexibility index (Phi) is 7.61. The van der Waals surface area contributed by atoms with Gasteiger partial charge in [-0.3, -0.25) is 19.7 Å². The predicted octanol–water partition coefficient (Wildman–Crippen LogP) is 1.72. The summed E-state index contributed by atoms with van der Waals surface area (Å²) in [5.74, 6) is 5.81. The summed E-state index contributed by atoms with van der Waals surface area (Å²) in [5.41, 5.74) is 8.39. The Morgan fingerprint density at radius 1 is 1.37 bits per heavy atom. The van der Waals surface area contributed by atoms with E-state index in [1.165, 1.54) is 0 Å². The van der Waals surface area contributed by atoms with Gasteiger partial charge in [-0.2, -0.15) is 0 Å². The standard InChI is InChI=1S/C23H29N3O4/c1-16(4-11-22(28)25-15-27)26-14-18-13-17(5-10-21(18)23(26)29)3-2-12-30-20-8-6-19(24)7-9-20/h5,10,13,15-16,19-20H,4,6-9,11-12,14,24H2,1H3,(H,25,27,28)/t16?,19-,20+. The highest BCUT2D eigenvalue weighted by atomic mass is 16.5. The van der Waals surface area contributed by atoms with E-state index < -0.39 is 0 Å². The molecule has 7 nitrogen and oxygen atoms in total. The summed E-state index contributed by atoms with van der Waals surface area (Å²) >= 11 is 0. The number of nitrogens with zero attached hydrogens (tertiary/aromatic N) is 1. The van der Waals surface area contributed by atoms with Crippen LogP contribution in [0.4, 0.5) is 0 Å². The van der Waals surface area contributed by atoms with Crippen molar-refractivity contribution in [2.45, 2.75) is 70.2 Å². The van der Waals surface area contributed by atoms with Crippen LogP contribution in [0, 0.1) is 11.8 Å². The van der Waals surface area contributed by atoms with Crippen LogP contribution in [-0.4, -0.2) is 47.9 Å². The largest absolute Gasteiger partial charge is 0.366 e. The Morgan fingerprint density at radius 2 is 2.13 bits per heavy atom. The molecule has 3 amide bonds. The first-order chi connectivity index (χ1) is 14.5. The summed E-state index contributed by atoms with van der Waals surface area (Å²) in [6.07, 6.45) is 5.33. The molecule has 2 aliphatic rings. The van der Waals surface area contributed by atoms with E-state index >= 15 is 0 Å². The number of hydrogen-bond acceptors (Lipinski definition) is 5. The van der Waals surface area contributed by atoms with Gasteiger partial charge in [-0.25, -0.2) is 0 Å². The topological polar surface area (TPSA) is 102 Å². The summed E-state index contributed by atoms with van der Waals surface area (Å²) < 4.78 is 5.83. The predicted molar refractivity (Wildman–Crippen MR) is 112 cm³/mol. The van der Waals surface area contributed by atoms with E-state index in [-0.39, 0.29) is 30.4 Å². The lowest BCUT2D eigenvalue weighted by Gasteiger charge is -2.25. The Hall–Kier alpha value is -2.69. The number of benzene rings is 1. The van der Waals surface area contributed by atoms with E-state index in [2.05, 4.69) is 17.2 Å². The minimum Gasteiger partial charge on any atom is -0.366 e. The quantitative estimate of drug-likeness (QED) is 0.525. The number of carbonyl (C=O) groups is 3. The maximum absolute atomic E-state index is 12.7. The van der Waals surface area contributed by atoms with Crippen molar-refractivity contribution in [3.63, 3.8) is 0 Å². The molecular weight excluding hydrogens is 382 g/mol. The maximum Gasteiger partial charge on any atom is 0.254 e. The van der Waals surface area contributed by atoms with Crippen molar-refractivity contribution < 1.29 is 19.1 Å². The first kappa shape index (κ1) is 22.0. The average molecular weight is 412 g/mol. The molecule has 1 aromatic rings. The summed E-state index contributed by atoms with van der Waals surface area (Å²) in [4.78, 5) is 36.2. The van der Waals surface area contributed by atoms with Crippen molar-refractivity contribution in [2.75, 3.05) is 6.61 Å². The van der Waals surface area contributed by atoms with Gasteiger partial charge in [-0.15, -0.1) is 0 Å². The molecule has 1 saturated carbocycles. The highest BCUT2D eigenvalue weighted by Gasteiger charge is 2.30. The van der Waals surface area contributed by atoms with Gasteiger partial charge in [-0.05, 0) is 62.8 Å². The molecule has 0 radical (unpaired) electrons. The smallest absolute Gasteiger partial charge is 0.254 e. The molecule has 1 aliphatic heterocycles. The summed E-state index contributed by atoms with van der Waals surface area (Å²) in [7, 11) is 0. The lowest BCUT2D eigenvalue weighted by atomic mass is 9.94. The number of nitrogens with two attached hydrogens (primary N) is 1. The van der Waals surface area contributed by atoms with Crippen molar-refractivity contribution in [3.8, 4) is 11.8 Å². The van der Waals surface area contributed by atoms with Crippen molar-refractivity contribution in [1.82, 2.24) is 10.2 Å². The second-order valence-electron chi connectivity index (χ2n) is 8.03. The molecule has 1 aromatic carbocycles. The monoisotopic (exact) mass is 411 g/mol. The van der Waals surface area contributed by atoms with Gasteiger partial charge >= 0.3 is 0 Å². The van der Waals surface area contributed by atoms with Gasteiger partial charge in [0.05, 0.1) is 6.10 Å². The third-order valence-corrected chi connectivity index (χ3v) is 5.82. The zero-order chi connectivity index (χ0) is 21.5. The number of nitrogens with one attached hydrogen (secondary N) is 1. The van der Waals surface area contributed by atoms with Crippen LogP contribution >= 0.6 is 0 Å². The van der Waals surface area contributed by atoms with Gasteiger partial charge in [0.15, 0.2) is 0 Å². The summed E-state index contributed by atoms with van der Waals surface area (Å²) in [5, 5.41) is 2.12. The molecule has 0 spiro atoms. The van der Waals surface area contributed by atoms with Gasteiger partial charge in [0.25, 0.3) is 5.91 Å². The Balaban J connectivity index is 1.52. The van der Waals surface area contributed by atoms with Crippen LogP contribution in [0.2, 0.25) is 0 Å².